The van der Waals surface area contributed by atoms with Crippen LogP contribution in [0.4, 0.5) is 0 Å². The summed E-state index contributed by atoms with van der Waals surface area (Å²) in [6.07, 6.45) is 5.14. The molecule has 0 atom stereocenters. The van der Waals surface area contributed by atoms with Crippen LogP contribution in [0.25, 0.3) is 0 Å². The van der Waals surface area contributed by atoms with Gasteiger partial charge in [0, 0.05) is 6.42 Å². The van der Waals surface area contributed by atoms with Crippen LogP contribution in [0.15, 0.2) is 0 Å². The van der Waals surface area contributed by atoms with Crippen LogP contribution in [0.3, 0.4) is 0 Å². The lowest BCUT2D eigenvalue weighted by Crippen LogP contribution is -2.00. The number of aliphatic carboxylic acids is 1. The van der Waals surface area contributed by atoms with Crippen molar-refractivity contribution in [1.29, 1.82) is 0 Å². The molecule has 4 heteroatoms. The molecule has 0 aromatic carbocycles. The van der Waals surface area contributed by atoms with E-state index in [2.05, 4.69) is 4.84 Å². The summed E-state index contributed by atoms with van der Waals surface area (Å²) in [4.78, 5) is 14.5. The number of carbonyl (C=O) groups is 1. The second-order valence-electron chi connectivity index (χ2n) is 2.78. The topological polar surface area (TPSA) is 72.5 Å². The Balaban J connectivity index is 2.86. The first-order chi connectivity index (χ1) is 5.77. The van der Waals surface area contributed by atoms with E-state index in [0.29, 0.717) is 6.61 Å². The second-order valence-corrected chi connectivity index (χ2v) is 2.78. The van der Waals surface area contributed by atoms with Gasteiger partial charge in [0.2, 0.25) is 0 Å². The zero-order valence-corrected chi connectivity index (χ0v) is 7.29. The molecule has 0 aliphatic heterocycles. The zero-order valence-electron chi connectivity index (χ0n) is 7.29. The Morgan fingerprint density at radius 3 is 2.33 bits per heavy atom. The summed E-state index contributed by atoms with van der Waals surface area (Å²) in [5.74, 6) is 4.12. The highest BCUT2D eigenvalue weighted by Crippen LogP contribution is 2.04. The van der Waals surface area contributed by atoms with Crippen LogP contribution in [-0.2, 0) is 9.63 Å². The second kappa shape index (κ2) is 8.49. The van der Waals surface area contributed by atoms with E-state index in [4.69, 9.17) is 11.0 Å². The number of unbranched alkanes of at least 4 members (excludes halogenated alkanes) is 4. The van der Waals surface area contributed by atoms with E-state index in [1.165, 1.54) is 0 Å². The minimum absolute atomic E-state index is 0.285. The molecule has 0 rings (SSSR count). The molecule has 0 radical (unpaired) electrons. The molecule has 72 valence electrons. The van der Waals surface area contributed by atoms with Gasteiger partial charge in [0.05, 0.1) is 6.61 Å². The van der Waals surface area contributed by atoms with E-state index in [9.17, 15) is 4.79 Å². The lowest BCUT2D eigenvalue weighted by Gasteiger charge is -1.98. The maximum Gasteiger partial charge on any atom is 0.303 e. The molecule has 0 saturated carbocycles. The van der Waals surface area contributed by atoms with Crippen molar-refractivity contribution in [2.45, 2.75) is 38.5 Å². The third-order valence-electron chi connectivity index (χ3n) is 1.65. The maximum absolute atomic E-state index is 10.1. The Kier molecular flexibility index (Phi) is 8.05. The average Bonchev–Trinajstić information content (AvgIpc) is 2.02. The number of carboxylic acids is 1. The first kappa shape index (κ1) is 11.4. The molecule has 0 aromatic rings. The lowest BCUT2D eigenvalue weighted by molar-refractivity contribution is -0.137. The molecule has 12 heavy (non-hydrogen) atoms. The average molecular weight is 175 g/mol. The minimum Gasteiger partial charge on any atom is -0.481 e. The van der Waals surface area contributed by atoms with Gasteiger partial charge >= 0.3 is 5.97 Å². The van der Waals surface area contributed by atoms with Crippen LogP contribution in [0.1, 0.15) is 38.5 Å². The zero-order chi connectivity index (χ0) is 9.23. The summed E-state index contributed by atoms with van der Waals surface area (Å²) in [6.45, 7) is 0.596. The normalized spacial score (nSPS) is 10.1. The first-order valence-corrected chi connectivity index (χ1v) is 4.31. The van der Waals surface area contributed by atoms with Crippen molar-refractivity contribution in [1.82, 2.24) is 0 Å². The third kappa shape index (κ3) is 9.39. The maximum atomic E-state index is 10.1. The van der Waals surface area contributed by atoms with Gasteiger partial charge in [0.25, 0.3) is 0 Å². The Morgan fingerprint density at radius 1 is 1.17 bits per heavy atom. The molecular formula is C8H17NO3. The summed E-state index contributed by atoms with van der Waals surface area (Å²) in [5, 5.41) is 8.32. The van der Waals surface area contributed by atoms with Crippen molar-refractivity contribution in [3.05, 3.63) is 0 Å². The molecular weight excluding hydrogens is 158 g/mol. The molecule has 0 unspecified atom stereocenters. The van der Waals surface area contributed by atoms with Crippen molar-refractivity contribution in [2.24, 2.45) is 5.90 Å². The molecule has 0 aliphatic rings. The number of rotatable bonds is 8. The van der Waals surface area contributed by atoms with Crippen molar-refractivity contribution < 1.29 is 14.7 Å². The van der Waals surface area contributed by atoms with Gasteiger partial charge in [-0.25, -0.2) is 5.90 Å². The fourth-order valence-corrected chi connectivity index (χ4v) is 0.992. The number of carboxylic acid groups (broad SMARTS) is 1. The van der Waals surface area contributed by atoms with Gasteiger partial charge in [-0.3, -0.25) is 4.79 Å². The van der Waals surface area contributed by atoms with Crippen molar-refractivity contribution in [2.75, 3.05) is 6.61 Å². The predicted octanol–water partition coefficient (Wildman–Crippen LogP) is 1.30. The van der Waals surface area contributed by atoms with Crippen molar-refractivity contribution >= 4 is 5.97 Å². The highest BCUT2D eigenvalue weighted by Gasteiger charge is 1.95. The molecule has 0 spiro atoms. The molecule has 3 N–H and O–H groups in total. The van der Waals surface area contributed by atoms with Gasteiger partial charge in [-0.2, -0.15) is 0 Å². The smallest absolute Gasteiger partial charge is 0.303 e. The summed E-state index contributed by atoms with van der Waals surface area (Å²) in [7, 11) is 0. The van der Waals surface area contributed by atoms with E-state index in [1.807, 2.05) is 0 Å². The first-order valence-electron chi connectivity index (χ1n) is 4.31. The SMILES string of the molecule is NOCCCCCCCC(=O)O. The highest BCUT2D eigenvalue weighted by atomic mass is 16.6. The monoisotopic (exact) mass is 175 g/mol. The fourth-order valence-electron chi connectivity index (χ4n) is 0.992. The van der Waals surface area contributed by atoms with Crippen LogP contribution < -0.4 is 5.90 Å². The van der Waals surface area contributed by atoms with Crippen LogP contribution in [0.5, 0.6) is 0 Å². The molecule has 0 heterocycles. The Morgan fingerprint density at radius 2 is 1.75 bits per heavy atom. The summed E-state index contributed by atoms with van der Waals surface area (Å²) in [5.41, 5.74) is 0. The van der Waals surface area contributed by atoms with E-state index in [-0.39, 0.29) is 6.42 Å². The van der Waals surface area contributed by atoms with Crippen LogP contribution >= 0.6 is 0 Å². The van der Waals surface area contributed by atoms with Crippen LogP contribution in [0.2, 0.25) is 0 Å². The van der Waals surface area contributed by atoms with Gasteiger partial charge in [0.1, 0.15) is 0 Å². The fraction of sp³-hybridized carbons (Fsp3) is 0.875. The van der Waals surface area contributed by atoms with Gasteiger partial charge in [0.15, 0.2) is 0 Å². The van der Waals surface area contributed by atoms with E-state index < -0.39 is 5.97 Å². The summed E-state index contributed by atoms with van der Waals surface area (Å²) in [6, 6.07) is 0. The lowest BCUT2D eigenvalue weighted by atomic mass is 10.1. The van der Waals surface area contributed by atoms with Crippen LogP contribution in [-0.4, -0.2) is 17.7 Å². The van der Waals surface area contributed by atoms with E-state index in [0.717, 1.165) is 32.1 Å². The molecule has 0 amide bonds. The van der Waals surface area contributed by atoms with Gasteiger partial charge in [-0.15, -0.1) is 0 Å². The van der Waals surface area contributed by atoms with Gasteiger partial charge < -0.3 is 9.94 Å². The van der Waals surface area contributed by atoms with E-state index >= 15 is 0 Å². The number of hydrogen-bond acceptors (Lipinski definition) is 3. The molecule has 0 aromatic heterocycles. The quantitative estimate of drug-likeness (QED) is 0.431. The largest absolute Gasteiger partial charge is 0.481 e. The molecule has 0 bridgehead atoms. The molecule has 4 nitrogen and oxygen atoms in total. The Bertz CT molecular complexity index is 117. The summed E-state index contributed by atoms with van der Waals surface area (Å²) < 4.78 is 0. The van der Waals surface area contributed by atoms with Crippen LogP contribution in [0, 0.1) is 0 Å². The molecule has 0 saturated heterocycles. The number of hydrogen-bond donors (Lipinski definition) is 2. The minimum atomic E-state index is -0.708. The van der Waals surface area contributed by atoms with E-state index in [1.54, 1.807) is 0 Å². The Labute approximate surface area is 72.7 Å². The van der Waals surface area contributed by atoms with Crippen molar-refractivity contribution in [3.8, 4) is 0 Å². The molecule has 0 aliphatic carbocycles. The van der Waals surface area contributed by atoms with Crippen molar-refractivity contribution in [3.63, 3.8) is 0 Å². The van der Waals surface area contributed by atoms with Gasteiger partial charge in [-0.05, 0) is 12.8 Å². The predicted molar refractivity (Wildman–Crippen MR) is 45.5 cm³/mol. The number of nitrogens with two attached hydrogens (primary N) is 1. The summed E-state index contributed by atoms with van der Waals surface area (Å²) >= 11 is 0. The Hall–Kier alpha value is -0.610. The molecule has 0 fully saturated rings. The van der Waals surface area contributed by atoms with Gasteiger partial charge in [-0.1, -0.05) is 19.3 Å². The highest BCUT2D eigenvalue weighted by molar-refractivity contribution is 5.66. The standard InChI is InChI=1S/C8H17NO3/c9-12-7-5-3-1-2-4-6-8(10)11/h1-7,9H2,(H,10,11). The third-order valence-corrected chi connectivity index (χ3v) is 1.65.